The molecule has 0 aliphatic rings. The van der Waals surface area contributed by atoms with Crippen LogP contribution in [0.2, 0.25) is 58.4 Å². The number of benzene rings is 1. The zero-order valence-electron chi connectivity index (χ0n) is 16.1. The van der Waals surface area contributed by atoms with Gasteiger partial charge in [-0.25, -0.2) is 0 Å². The van der Waals surface area contributed by atoms with Gasteiger partial charge in [-0.3, -0.25) is 0 Å². The minimum absolute atomic E-state index is 0.994. The SMILES string of the molecule is C[SiH](C)O[Si](C)(CCc1ccccc1)O[Si](C)(C)O[Si](C)(C)C. The molecular weight excluding hydrogens is 353 g/mol. The van der Waals surface area contributed by atoms with Gasteiger partial charge in [-0.2, -0.15) is 0 Å². The minimum Gasteiger partial charge on any atom is -0.439 e. The molecule has 0 spiro atoms. The van der Waals surface area contributed by atoms with Gasteiger partial charge in [0.15, 0.2) is 17.4 Å². The molecule has 1 aromatic rings. The van der Waals surface area contributed by atoms with Crippen LogP contribution in [0.15, 0.2) is 30.3 Å². The molecule has 23 heavy (non-hydrogen) atoms. The average molecular weight is 387 g/mol. The zero-order valence-corrected chi connectivity index (χ0v) is 20.3. The Labute approximate surface area is 147 Å². The molecule has 0 bridgehead atoms. The molecule has 1 aromatic carbocycles. The fourth-order valence-electron chi connectivity index (χ4n) is 2.93. The van der Waals surface area contributed by atoms with Crippen molar-refractivity contribution < 1.29 is 12.3 Å². The summed E-state index contributed by atoms with van der Waals surface area (Å²) in [5.41, 5.74) is 1.36. The Morgan fingerprint density at radius 1 is 0.870 bits per heavy atom. The molecule has 7 heteroatoms. The van der Waals surface area contributed by atoms with Gasteiger partial charge < -0.3 is 12.3 Å². The standard InChI is InChI=1S/C16H34O3Si4/c1-20(2)17-23(8,15-14-16-12-10-9-11-13-16)19-22(6,7)18-21(3,4)5/h9-13,20H,14-15H2,1-8H3. The molecule has 0 amide bonds. The van der Waals surface area contributed by atoms with Crippen LogP contribution in [0.5, 0.6) is 0 Å². The first-order valence-corrected chi connectivity index (χ1v) is 20.1. The highest BCUT2D eigenvalue weighted by Crippen LogP contribution is 2.25. The highest BCUT2D eigenvalue weighted by atomic mass is 28.5. The van der Waals surface area contributed by atoms with E-state index in [9.17, 15) is 0 Å². The summed E-state index contributed by atoms with van der Waals surface area (Å²) in [6.45, 7) is 17.7. The summed E-state index contributed by atoms with van der Waals surface area (Å²) >= 11 is 0. The topological polar surface area (TPSA) is 27.7 Å². The molecular formula is C16H34O3Si4. The first kappa shape index (κ1) is 21.0. The fourth-order valence-corrected chi connectivity index (χ4v) is 19.8. The van der Waals surface area contributed by atoms with Crippen molar-refractivity contribution in [3.8, 4) is 0 Å². The molecule has 1 atom stereocenters. The quantitative estimate of drug-likeness (QED) is 0.567. The third-order valence-electron chi connectivity index (χ3n) is 3.21. The van der Waals surface area contributed by atoms with Gasteiger partial charge in [0, 0.05) is 0 Å². The molecule has 0 radical (unpaired) electrons. The number of aryl methyl sites for hydroxylation is 1. The van der Waals surface area contributed by atoms with Gasteiger partial charge in [0.2, 0.25) is 0 Å². The first-order chi connectivity index (χ1) is 10.4. The molecule has 1 rings (SSSR count). The largest absolute Gasteiger partial charge is 0.439 e. The number of hydrogen-bond acceptors (Lipinski definition) is 3. The monoisotopic (exact) mass is 386 g/mol. The molecule has 0 heterocycles. The first-order valence-electron chi connectivity index (χ1n) is 8.53. The fraction of sp³-hybridized carbons (Fsp3) is 0.625. The van der Waals surface area contributed by atoms with Gasteiger partial charge >= 0.3 is 17.1 Å². The van der Waals surface area contributed by atoms with Crippen molar-refractivity contribution in [2.75, 3.05) is 0 Å². The van der Waals surface area contributed by atoms with Crippen LogP contribution >= 0.6 is 0 Å². The van der Waals surface area contributed by atoms with Crippen LogP contribution in [-0.2, 0) is 18.8 Å². The Bertz CT molecular complexity index is 474. The third-order valence-corrected chi connectivity index (χ3v) is 16.4. The van der Waals surface area contributed by atoms with Crippen molar-refractivity contribution in [1.29, 1.82) is 0 Å². The summed E-state index contributed by atoms with van der Waals surface area (Å²) in [6, 6.07) is 11.6. The van der Waals surface area contributed by atoms with Gasteiger partial charge in [0.05, 0.1) is 0 Å². The maximum Gasteiger partial charge on any atom is 0.316 e. The highest BCUT2D eigenvalue weighted by Gasteiger charge is 2.42. The molecule has 0 saturated heterocycles. The van der Waals surface area contributed by atoms with E-state index in [1.807, 2.05) is 0 Å². The second-order valence-electron chi connectivity index (χ2n) is 8.00. The zero-order chi connectivity index (χ0) is 17.7. The second-order valence-corrected chi connectivity index (χ2v) is 22.5. The van der Waals surface area contributed by atoms with Crippen LogP contribution in [-0.4, -0.2) is 34.5 Å². The molecule has 0 saturated carbocycles. The molecule has 0 aromatic heterocycles. The van der Waals surface area contributed by atoms with Gasteiger partial charge in [-0.1, -0.05) is 30.3 Å². The van der Waals surface area contributed by atoms with Gasteiger partial charge in [0.25, 0.3) is 0 Å². The lowest BCUT2D eigenvalue weighted by molar-refractivity contribution is 0.328. The van der Waals surface area contributed by atoms with Crippen LogP contribution < -0.4 is 0 Å². The van der Waals surface area contributed by atoms with Crippen molar-refractivity contribution in [2.45, 2.75) is 64.8 Å². The lowest BCUT2D eigenvalue weighted by atomic mass is 10.2. The van der Waals surface area contributed by atoms with Gasteiger partial charge in [0.1, 0.15) is 0 Å². The van der Waals surface area contributed by atoms with E-state index in [-0.39, 0.29) is 0 Å². The van der Waals surface area contributed by atoms with Gasteiger partial charge in [-0.15, -0.1) is 0 Å². The van der Waals surface area contributed by atoms with Crippen molar-refractivity contribution in [2.24, 2.45) is 0 Å². The Balaban J connectivity index is 2.80. The molecule has 0 N–H and O–H groups in total. The molecule has 0 aliphatic carbocycles. The van der Waals surface area contributed by atoms with E-state index in [0.717, 1.165) is 12.5 Å². The summed E-state index contributed by atoms with van der Waals surface area (Å²) < 4.78 is 19.5. The van der Waals surface area contributed by atoms with E-state index in [1.165, 1.54) is 5.56 Å². The van der Waals surface area contributed by atoms with Crippen LogP contribution in [0, 0.1) is 0 Å². The predicted molar refractivity (Wildman–Crippen MR) is 110 cm³/mol. The molecule has 0 aliphatic heterocycles. The van der Waals surface area contributed by atoms with Crippen molar-refractivity contribution in [3.63, 3.8) is 0 Å². The van der Waals surface area contributed by atoms with E-state index in [1.54, 1.807) is 0 Å². The minimum atomic E-state index is -2.21. The smallest absolute Gasteiger partial charge is 0.316 e. The molecule has 3 nitrogen and oxygen atoms in total. The molecule has 132 valence electrons. The number of hydrogen-bond donors (Lipinski definition) is 0. The Morgan fingerprint density at radius 3 is 1.91 bits per heavy atom. The second kappa shape index (κ2) is 8.37. The van der Waals surface area contributed by atoms with Crippen LogP contribution in [0.1, 0.15) is 5.56 Å². The van der Waals surface area contributed by atoms with Crippen LogP contribution in [0.3, 0.4) is 0 Å². The maximum atomic E-state index is 6.64. The Morgan fingerprint density at radius 2 is 1.43 bits per heavy atom. The lowest BCUT2D eigenvalue weighted by Crippen LogP contribution is -2.55. The summed E-state index contributed by atoms with van der Waals surface area (Å²) in [7, 11) is -7.12. The summed E-state index contributed by atoms with van der Waals surface area (Å²) in [4.78, 5) is 0. The van der Waals surface area contributed by atoms with E-state index in [4.69, 9.17) is 12.3 Å². The van der Waals surface area contributed by atoms with Crippen molar-refractivity contribution in [1.82, 2.24) is 0 Å². The van der Waals surface area contributed by atoms with E-state index in [2.05, 4.69) is 82.7 Å². The molecule has 1 unspecified atom stereocenters. The van der Waals surface area contributed by atoms with Crippen molar-refractivity contribution >= 4 is 34.5 Å². The van der Waals surface area contributed by atoms with E-state index < -0.39 is 34.5 Å². The highest BCUT2D eigenvalue weighted by molar-refractivity contribution is 6.87. The Hall–Kier alpha value is -0.0325. The predicted octanol–water partition coefficient (Wildman–Crippen LogP) is 4.87. The number of rotatable bonds is 9. The van der Waals surface area contributed by atoms with Crippen LogP contribution in [0.25, 0.3) is 0 Å². The summed E-state index contributed by atoms with van der Waals surface area (Å²) in [5, 5.41) is 0. The average Bonchev–Trinajstić information content (AvgIpc) is 2.33. The normalized spacial score (nSPS) is 15.7. The lowest BCUT2D eigenvalue weighted by Gasteiger charge is -2.39. The summed E-state index contributed by atoms with van der Waals surface area (Å²) in [6.07, 6.45) is 1.02. The molecule has 0 fully saturated rings. The van der Waals surface area contributed by atoms with E-state index in [0.29, 0.717) is 0 Å². The van der Waals surface area contributed by atoms with Crippen molar-refractivity contribution in [3.05, 3.63) is 35.9 Å². The van der Waals surface area contributed by atoms with E-state index >= 15 is 0 Å². The Kier molecular flexibility index (Phi) is 7.65. The maximum absolute atomic E-state index is 6.64. The van der Waals surface area contributed by atoms with Gasteiger partial charge in [-0.05, 0) is 70.4 Å². The van der Waals surface area contributed by atoms with Crippen LogP contribution in [0.4, 0.5) is 0 Å². The summed E-state index contributed by atoms with van der Waals surface area (Å²) in [5.74, 6) is 0. The third kappa shape index (κ3) is 9.13.